The number of carbonyl (C=O) groups is 1. The summed E-state index contributed by atoms with van der Waals surface area (Å²) in [6.07, 6.45) is 13.5. The zero-order chi connectivity index (χ0) is 18.2. The van der Waals surface area contributed by atoms with Gasteiger partial charge in [-0.15, -0.1) is 11.3 Å². The summed E-state index contributed by atoms with van der Waals surface area (Å²) >= 11 is 7.82. The highest BCUT2D eigenvalue weighted by Gasteiger charge is 2.16. The Kier molecular flexibility index (Phi) is 7.51. The third kappa shape index (κ3) is 5.31. The first-order valence-electron chi connectivity index (χ1n) is 9.78. The van der Waals surface area contributed by atoms with E-state index in [9.17, 15) is 4.79 Å². The van der Waals surface area contributed by atoms with Gasteiger partial charge >= 0.3 is 0 Å². The van der Waals surface area contributed by atoms with Crippen molar-refractivity contribution in [3.8, 4) is 0 Å². The first-order chi connectivity index (χ1) is 12.8. The molecule has 0 atom stereocenters. The maximum atomic E-state index is 12.6. The molecule has 0 radical (unpaired) electrons. The summed E-state index contributed by atoms with van der Waals surface area (Å²) in [6, 6.07) is 7.83. The maximum absolute atomic E-state index is 12.6. The Morgan fingerprint density at radius 1 is 0.923 bits per heavy atom. The number of amides is 1. The van der Waals surface area contributed by atoms with Crippen LogP contribution < -0.4 is 5.43 Å². The van der Waals surface area contributed by atoms with E-state index >= 15 is 0 Å². The van der Waals surface area contributed by atoms with E-state index in [1.54, 1.807) is 0 Å². The van der Waals surface area contributed by atoms with Crippen molar-refractivity contribution in [1.29, 1.82) is 0 Å². The number of benzene rings is 1. The average Bonchev–Trinajstić information content (AvgIpc) is 2.98. The number of rotatable bonds is 2. The van der Waals surface area contributed by atoms with Crippen LogP contribution in [0, 0.1) is 0 Å². The molecular weight excluding hydrogens is 364 g/mol. The predicted molar refractivity (Wildman–Crippen MR) is 113 cm³/mol. The molecule has 3 rings (SSSR count). The van der Waals surface area contributed by atoms with Gasteiger partial charge in [0.2, 0.25) is 0 Å². The number of hydrogen-bond acceptors (Lipinski definition) is 3. The van der Waals surface area contributed by atoms with Crippen LogP contribution in [-0.4, -0.2) is 11.6 Å². The van der Waals surface area contributed by atoms with Crippen LogP contribution in [-0.2, 0) is 0 Å². The van der Waals surface area contributed by atoms with E-state index in [1.165, 1.54) is 69.1 Å². The molecule has 0 bridgehead atoms. The molecule has 0 unspecified atom stereocenters. The van der Waals surface area contributed by atoms with Gasteiger partial charge in [-0.1, -0.05) is 74.7 Å². The SMILES string of the molecule is O=C(NN=C1CCCCCCCCCCC1)c1sc2ccccc2c1Cl. The molecular formula is C21H27ClN2OS. The Morgan fingerprint density at radius 3 is 2.12 bits per heavy atom. The van der Waals surface area contributed by atoms with Gasteiger partial charge in [-0.3, -0.25) is 4.79 Å². The summed E-state index contributed by atoms with van der Waals surface area (Å²) in [5, 5.41) is 5.93. The van der Waals surface area contributed by atoms with Crippen LogP contribution in [0.2, 0.25) is 5.02 Å². The summed E-state index contributed by atoms with van der Waals surface area (Å²) < 4.78 is 1.03. The van der Waals surface area contributed by atoms with Gasteiger partial charge in [0.05, 0.1) is 5.02 Å². The topological polar surface area (TPSA) is 41.5 Å². The maximum Gasteiger partial charge on any atom is 0.283 e. The fourth-order valence-electron chi connectivity index (χ4n) is 3.47. The summed E-state index contributed by atoms with van der Waals surface area (Å²) in [5.74, 6) is -0.199. The molecule has 1 aliphatic carbocycles. The van der Waals surface area contributed by atoms with E-state index in [0.29, 0.717) is 9.90 Å². The average molecular weight is 391 g/mol. The first kappa shape index (κ1) is 19.4. The fraction of sp³-hybridized carbons (Fsp3) is 0.524. The van der Waals surface area contributed by atoms with Crippen LogP contribution in [0.5, 0.6) is 0 Å². The standard InChI is InChI=1S/C21H27ClN2OS/c22-19-17-14-10-11-15-18(17)26-20(19)21(25)24-23-16-12-8-6-4-2-1-3-5-7-9-13-16/h10-11,14-15H,1-9,12-13H2,(H,24,25). The smallest absolute Gasteiger partial charge is 0.266 e. The molecule has 0 saturated heterocycles. The lowest BCUT2D eigenvalue weighted by molar-refractivity contribution is 0.0959. The lowest BCUT2D eigenvalue weighted by Gasteiger charge is -2.09. The first-order valence-corrected chi connectivity index (χ1v) is 11.0. The second-order valence-corrected chi connectivity index (χ2v) is 8.47. The quantitative estimate of drug-likeness (QED) is 0.554. The van der Waals surface area contributed by atoms with Crippen molar-refractivity contribution in [1.82, 2.24) is 5.43 Å². The number of halogens is 1. The molecule has 1 heterocycles. The molecule has 2 aromatic rings. The molecule has 1 amide bonds. The summed E-state index contributed by atoms with van der Waals surface area (Å²) in [5.41, 5.74) is 3.88. The normalized spacial score (nSPS) is 17.3. The van der Waals surface area contributed by atoms with Gasteiger partial charge in [-0.2, -0.15) is 5.10 Å². The van der Waals surface area contributed by atoms with Crippen molar-refractivity contribution >= 4 is 44.6 Å². The largest absolute Gasteiger partial charge is 0.283 e. The number of carbonyl (C=O) groups excluding carboxylic acids is 1. The molecule has 1 aliphatic rings. The molecule has 1 saturated carbocycles. The highest BCUT2D eigenvalue weighted by Crippen LogP contribution is 2.34. The van der Waals surface area contributed by atoms with Crippen LogP contribution in [0.1, 0.15) is 80.3 Å². The third-order valence-electron chi connectivity index (χ3n) is 4.99. The molecule has 3 nitrogen and oxygen atoms in total. The fourth-order valence-corrected chi connectivity index (χ4v) is 4.88. The Morgan fingerprint density at radius 2 is 1.50 bits per heavy atom. The predicted octanol–water partition coefficient (Wildman–Crippen LogP) is 6.95. The van der Waals surface area contributed by atoms with Gasteiger partial charge < -0.3 is 0 Å². The van der Waals surface area contributed by atoms with Crippen molar-refractivity contribution in [3.63, 3.8) is 0 Å². The van der Waals surface area contributed by atoms with Crippen LogP contribution in [0.3, 0.4) is 0 Å². The number of fused-ring (bicyclic) bond motifs is 1. The van der Waals surface area contributed by atoms with Gasteiger partial charge in [-0.25, -0.2) is 5.43 Å². The number of nitrogens with zero attached hydrogens (tertiary/aromatic N) is 1. The van der Waals surface area contributed by atoms with E-state index in [4.69, 9.17) is 11.6 Å². The van der Waals surface area contributed by atoms with Crippen molar-refractivity contribution in [2.45, 2.75) is 70.6 Å². The molecule has 5 heteroatoms. The zero-order valence-corrected chi connectivity index (χ0v) is 16.8. The Balaban J connectivity index is 1.64. The van der Waals surface area contributed by atoms with Crippen LogP contribution in [0.25, 0.3) is 10.1 Å². The zero-order valence-electron chi connectivity index (χ0n) is 15.2. The second kappa shape index (κ2) is 10.1. The van der Waals surface area contributed by atoms with Crippen LogP contribution in [0.4, 0.5) is 0 Å². The lowest BCUT2D eigenvalue weighted by Crippen LogP contribution is -2.19. The second-order valence-electron chi connectivity index (χ2n) is 7.04. The molecule has 1 fully saturated rings. The minimum absolute atomic E-state index is 0.199. The minimum Gasteiger partial charge on any atom is -0.266 e. The Bertz CT molecular complexity index is 754. The third-order valence-corrected chi connectivity index (χ3v) is 6.66. The highest BCUT2D eigenvalue weighted by molar-refractivity contribution is 7.21. The van der Waals surface area contributed by atoms with E-state index in [1.807, 2.05) is 24.3 Å². The van der Waals surface area contributed by atoms with E-state index in [2.05, 4.69) is 10.5 Å². The number of hydrogen-bond donors (Lipinski definition) is 1. The molecule has 0 spiro atoms. The van der Waals surface area contributed by atoms with E-state index < -0.39 is 0 Å². The Hall–Kier alpha value is -1.39. The molecule has 0 aliphatic heterocycles. The van der Waals surface area contributed by atoms with Crippen LogP contribution >= 0.6 is 22.9 Å². The molecule has 26 heavy (non-hydrogen) atoms. The summed E-state index contributed by atoms with van der Waals surface area (Å²) in [7, 11) is 0. The number of hydrazone groups is 1. The van der Waals surface area contributed by atoms with Gasteiger partial charge in [0.15, 0.2) is 0 Å². The minimum atomic E-state index is -0.199. The van der Waals surface area contributed by atoms with Crippen LogP contribution in [0.15, 0.2) is 29.4 Å². The van der Waals surface area contributed by atoms with E-state index in [-0.39, 0.29) is 5.91 Å². The lowest BCUT2D eigenvalue weighted by atomic mass is 10.00. The van der Waals surface area contributed by atoms with Crippen molar-refractivity contribution < 1.29 is 4.79 Å². The number of nitrogens with one attached hydrogen (secondary N) is 1. The summed E-state index contributed by atoms with van der Waals surface area (Å²) in [4.78, 5) is 13.1. The van der Waals surface area contributed by atoms with Gasteiger partial charge in [-0.05, 0) is 31.7 Å². The molecule has 1 N–H and O–H groups in total. The number of thiophene rings is 1. The van der Waals surface area contributed by atoms with Crippen molar-refractivity contribution in [2.75, 3.05) is 0 Å². The van der Waals surface area contributed by atoms with E-state index in [0.717, 1.165) is 28.6 Å². The summed E-state index contributed by atoms with van der Waals surface area (Å²) in [6.45, 7) is 0. The van der Waals surface area contributed by atoms with Gasteiger partial charge in [0.25, 0.3) is 5.91 Å². The van der Waals surface area contributed by atoms with Crippen molar-refractivity contribution in [3.05, 3.63) is 34.2 Å². The highest BCUT2D eigenvalue weighted by atomic mass is 35.5. The molecule has 140 valence electrons. The van der Waals surface area contributed by atoms with Gasteiger partial charge in [0, 0.05) is 15.8 Å². The van der Waals surface area contributed by atoms with Gasteiger partial charge in [0.1, 0.15) is 4.88 Å². The monoisotopic (exact) mass is 390 g/mol. The van der Waals surface area contributed by atoms with Crippen molar-refractivity contribution in [2.24, 2.45) is 5.10 Å². The molecule has 1 aromatic heterocycles. The molecule has 1 aromatic carbocycles. The Labute approximate surface area is 164 Å².